The lowest BCUT2D eigenvalue weighted by Crippen LogP contribution is -2.47. The summed E-state index contributed by atoms with van der Waals surface area (Å²) in [6.45, 7) is 1.67. The lowest BCUT2D eigenvalue weighted by Gasteiger charge is -2.36. The molecule has 0 aliphatic carbocycles. The van der Waals surface area contributed by atoms with Crippen molar-refractivity contribution in [2.24, 2.45) is 0 Å². The predicted molar refractivity (Wildman–Crippen MR) is 65.2 cm³/mol. The minimum absolute atomic E-state index is 0.0648. The predicted octanol–water partition coefficient (Wildman–Crippen LogP) is 3.46. The van der Waals surface area contributed by atoms with Crippen LogP contribution in [0.15, 0.2) is 24.3 Å². The largest absolute Gasteiger partial charge is 0.524 e. The standard InChI is InChI=1S/C13H14F3NO3/c1-2-19-12(18)17-10-6-4-3-5-9(10)7-8-11(17)20-13(14,15)16/h3-6,11H,2,7-8H2,1H3. The van der Waals surface area contributed by atoms with Gasteiger partial charge < -0.3 is 4.74 Å². The fourth-order valence-electron chi connectivity index (χ4n) is 2.20. The van der Waals surface area contributed by atoms with Crippen LogP contribution in [0.25, 0.3) is 0 Å². The molecule has 0 aromatic heterocycles. The van der Waals surface area contributed by atoms with Crippen LogP contribution in [0.2, 0.25) is 0 Å². The number of alkyl halides is 3. The third kappa shape index (κ3) is 3.22. The van der Waals surface area contributed by atoms with Crippen molar-refractivity contribution in [3.05, 3.63) is 29.8 Å². The number of nitrogens with zero attached hydrogens (tertiary/aromatic N) is 1. The maximum Gasteiger partial charge on any atom is 0.524 e. The number of fused-ring (bicyclic) bond motifs is 1. The van der Waals surface area contributed by atoms with Crippen molar-refractivity contribution >= 4 is 11.8 Å². The van der Waals surface area contributed by atoms with Crippen molar-refractivity contribution < 1.29 is 27.4 Å². The van der Waals surface area contributed by atoms with Crippen LogP contribution in [0.4, 0.5) is 23.7 Å². The van der Waals surface area contributed by atoms with Crippen molar-refractivity contribution in [1.29, 1.82) is 0 Å². The highest BCUT2D eigenvalue weighted by molar-refractivity contribution is 5.89. The zero-order chi connectivity index (χ0) is 14.8. The number of ether oxygens (including phenoxy) is 2. The molecule has 1 heterocycles. The average molecular weight is 289 g/mol. The number of hydrogen-bond donors (Lipinski definition) is 0. The summed E-state index contributed by atoms with van der Waals surface area (Å²) < 4.78 is 46.2. The molecule has 0 bridgehead atoms. The van der Waals surface area contributed by atoms with Gasteiger partial charge in [-0.3, -0.25) is 9.64 Å². The van der Waals surface area contributed by atoms with Crippen LogP contribution >= 0.6 is 0 Å². The van der Waals surface area contributed by atoms with E-state index >= 15 is 0 Å². The first-order chi connectivity index (χ1) is 9.42. The van der Waals surface area contributed by atoms with Gasteiger partial charge in [-0.25, -0.2) is 4.79 Å². The van der Waals surface area contributed by atoms with Gasteiger partial charge in [-0.1, -0.05) is 18.2 Å². The summed E-state index contributed by atoms with van der Waals surface area (Å²) in [6, 6.07) is 6.78. The molecule has 0 saturated carbocycles. The van der Waals surface area contributed by atoms with E-state index in [-0.39, 0.29) is 13.0 Å². The molecule has 7 heteroatoms. The molecule has 110 valence electrons. The lowest BCUT2D eigenvalue weighted by atomic mass is 10.0. The first-order valence-corrected chi connectivity index (χ1v) is 6.21. The number of para-hydroxylation sites is 1. The van der Waals surface area contributed by atoms with Gasteiger partial charge in [0.25, 0.3) is 0 Å². The molecular weight excluding hydrogens is 275 g/mol. The van der Waals surface area contributed by atoms with Crippen molar-refractivity contribution in [2.75, 3.05) is 11.5 Å². The first-order valence-electron chi connectivity index (χ1n) is 6.21. The van der Waals surface area contributed by atoms with E-state index in [0.717, 1.165) is 10.5 Å². The number of carbonyl (C=O) groups is 1. The van der Waals surface area contributed by atoms with Crippen molar-refractivity contribution in [1.82, 2.24) is 0 Å². The highest BCUT2D eigenvalue weighted by Gasteiger charge is 2.41. The van der Waals surface area contributed by atoms with Crippen molar-refractivity contribution in [3.63, 3.8) is 0 Å². The fourth-order valence-corrected chi connectivity index (χ4v) is 2.20. The molecule has 0 saturated heterocycles. The Morgan fingerprint density at radius 1 is 1.40 bits per heavy atom. The molecule has 0 fully saturated rings. The first kappa shape index (κ1) is 14.6. The molecule has 1 unspecified atom stereocenters. The number of benzene rings is 1. The Bertz CT molecular complexity index is 490. The highest BCUT2D eigenvalue weighted by atomic mass is 19.4. The van der Waals surface area contributed by atoms with Crippen LogP contribution in [0.3, 0.4) is 0 Å². The molecule has 1 aromatic rings. The quantitative estimate of drug-likeness (QED) is 0.837. The van der Waals surface area contributed by atoms with Gasteiger partial charge in [-0.15, -0.1) is 13.2 Å². The Morgan fingerprint density at radius 2 is 2.10 bits per heavy atom. The van der Waals surface area contributed by atoms with E-state index < -0.39 is 18.7 Å². The summed E-state index contributed by atoms with van der Waals surface area (Å²) in [5, 5.41) is 0. The Morgan fingerprint density at radius 3 is 2.75 bits per heavy atom. The minimum Gasteiger partial charge on any atom is -0.449 e. The molecule has 0 N–H and O–H groups in total. The molecule has 1 amide bonds. The Labute approximate surface area is 114 Å². The number of carbonyl (C=O) groups excluding carboxylic acids is 1. The van der Waals surface area contributed by atoms with E-state index in [4.69, 9.17) is 4.74 Å². The molecule has 1 aliphatic heterocycles. The number of hydrogen-bond acceptors (Lipinski definition) is 3. The Kier molecular flexibility index (Phi) is 4.17. The monoisotopic (exact) mass is 289 g/mol. The van der Waals surface area contributed by atoms with Gasteiger partial charge in [0.05, 0.1) is 12.3 Å². The van der Waals surface area contributed by atoms with Gasteiger partial charge in [-0.2, -0.15) is 0 Å². The van der Waals surface area contributed by atoms with Crippen LogP contribution in [0, 0.1) is 0 Å². The van der Waals surface area contributed by atoms with E-state index in [0.29, 0.717) is 12.1 Å². The van der Waals surface area contributed by atoms with Gasteiger partial charge in [0, 0.05) is 0 Å². The van der Waals surface area contributed by atoms with Crippen LogP contribution < -0.4 is 4.90 Å². The molecular formula is C13H14F3NO3. The third-order valence-corrected chi connectivity index (χ3v) is 2.93. The maximum atomic E-state index is 12.4. The summed E-state index contributed by atoms with van der Waals surface area (Å²) >= 11 is 0. The molecule has 1 aliphatic rings. The zero-order valence-corrected chi connectivity index (χ0v) is 10.8. The van der Waals surface area contributed by atoms with Gasteiger partial charge in [0.1, 0.15) is 6.23 Å². The number of rotatable bonds is 2. The van der Waals surface area contributed by atoms with Crippen LogP contribution in [-0.4, -0.2) is 25.3 Å². The topological polar surface area (TPSA) is 38.8 Å². The maximum absolute atomic E-state index is 12.4. The summed E-state index contributed by atoms with van der Waals surface area (Å²) in [5.41, 5.74) is 1.19. The summed E-state index contributed by atoms with van der Waals surface area (Å²) in [5.74, 6) is 0. The SMILES string of the molecule is CCOC(=O)N1c2ccccc2CCC1OC(F)(F)F. The highest BCUT2D eigenvalue weighted by Crippen LogP contribution is 2.34. The van der Waals surface area contributed by atoms with Crippen LogP contribution in [-0.2, 0) is 15.9 Å². The number of halogens is 3. The summed E-state index contributed by atoms with van der Waals surface area (Å²) in [4.78, 5) is 12.8. The smallest absolute Gasteiger partial charge is 0.449 e. The minimum atomic E-state index is -4.80. The molecule has 20 heavy (non-hydrogen) atoms. The second-order valence-electron chi connectivity index (χ2n) is 4.25. The zero-order valence-electron chi connectivity index (χ0n) is 10.8. The second-order valence-corrected chi connectivity index (χ2v) is 4.25. The fraction of sp³-hybridized carbons (Fsp3) is 0.462. The van der Waals surface area contributed by atoms with Crippen LogP contribution in [0.5, 0.6) is 0 Å². The van der Waals surface area contributed by atoms with E-state index in [1.165, 1.54) is 0 Å². The Hall–Kier alpha value is -1.76. The van der Waals surface area contributed by atoms with Gasteiger partial charge >= 0.3 is 12.5 Å². The van der Waals surface area contributed by atoms with Gasteiger partial charge in [-0.05, 0) is 31.4 Å². The number of aryl methyl sites for hydroxylation is 1. The van der Waals surface area contributed by atoms with E-state index in [9.17, 15) is 18.0 Å². The van der Waals surface area contributed by atoms with Gasteiger partial charge in [0.2, 0.25) is 0 Å². The van der Waals surface area contributed by atoms with Gasteiger partial charge in [0.15, 0.2) is 0 Å². The third-order valence-electron chi connectivity index (χ3n) is 2.93. The molecule has 0 spiro atoms. The number of anilines is 1. The normalized spacial score (nSPS) is 18.6. The summed E-state index contributed by atoms with van der Waals surface area (Å²) in [7, 11) is 0. The number of amides is 1. The van der Waals surface area contributed by atoms with Crippen LogP contribution in [0.1, 0.15) is 18.9 Å². The van der Waals surface area contributed by atoms with Crippen molar-refractivity contribution in [2.45, 2.75) is 32.4 Å². The Balaban J connectivity index is 2.32. The molecule has 0 radical (unpaired) electrons. The average Bonchev–Trinajstić information content (AvgIpc) is 2.36. The summed E-state index contributed by atoms with van der Waals surface area (Å²) in [6.07, 6.45) is -6.57. The van der Waals surface area contributed by atoms with E-state index in [1.54, 1.807) is 31.2 Å². The van der Waals surface area contributed by atoms with E-state index in [1.807, 2.05) is 0 Å². The molecule has 1 aromatic carbocycles. The molecule has 2 rings (SSSR count). The molecule has 1 atom stereocenters. The second kappa shape index (κ2) is 5.70. The molecule has 4 nitrogen and oxygen atoms in total. The van der Waals surface area contributed by atoms with Crippen molar-refractivity contribution in [3.8, 4) is 0 Å². The lowest BCUT2D eigenvalue weighted by molar-refractivity contribution is -0.342. The van der Waals surface area contributed by atoms with E-state index in [2.05, 4.69) is 4.74 Å².